The fourth-order valence-corrected chi connectivity index (χ4v) is 2.60. The molecule has 24 heavy (non-hydrogen) atoms. The Morgan fingerprint density at radius 3 is 2.29 bits per heavy atom. The molecular weight excluding hydrogens is 345 g/mol. The second-order valence-corrected chi connectivity index (χ2v) is 6.00. The lowest BCUT2D eigenvalue weighted by Crippen LogP contribution is -2.32. The van der Waals surface area contributed by atoms with E-state index in [1.165, 1.54) is 18.4 Å². The van der Waals surface area contributed by atoms with Crippen LogP contribution in [-0.2, 0) is 6.54 Å². The number of carbonyl (C=O) groups excluding carboxylic acids is 1. The van der Waals surface area contributed by atoms with Crippen molar-refractivity contribution >= 4 is 30.7 Å². The number of benzene rings is 1. The molecule has 1 amide bonds. The quantitative estimate of drug-likeness (QED) is 0.616. The number of hydrogen-bond acceptors (Lipinski definition) is 3. The van der Waals surface area contributed by atoms with Crippen LogP contribution in [0.25, 0.3) is 0 Å². The van der Waals surface area contributed by atoms with Crippen molar-refractivity contribution in [2.45, 2.75) is 45.7 Å². The first-order chi connectivity index (χ1) is 10.7. The normalized spacial score (nSPS) is 13.1. The second-order valence-electron chi connectivity index (χ2n) is 6.00. The smallest absolute Gasteiger partial charge is 0.251 e. The van der Waals surface area contributed by atoms with Gasteiger partial charge < -0.3 is 10.6 Å². The first kappa shape index (κ1) is 23.2. The number of rotatable bonds is 10. The van der Waals surface area contributed by atoms with E-state index >= 15 is 0 Å². The van der Waals surface area contributed by atoms with E-state index in [9.17, 15) is 4.79 Å². The summed E-state index contributed by atoms with van der Waals surface area (Å²) in [5, 5.41) is 6.22. The van der Waals surface area contributed by atoms with Crippen molar-refractivity contribution in [3.63, 3.8) is 0 Å². The fraction of sp³-hybridized carbons (Fsp3) is 0.611. The molecule has 0 heterocycles. The highest BCUT2D eigenvalue weighted by atomic mass is 35.5. The number of hydrogen-bond donors (Lipinski definition) is 2. The predicted molar refractivity (Wildman–Crippen MR) is 106 cm³/mol. The molecule has 2 N–H and O–H groups in total. The van der Waals surface area contributed by atoms with Gasteiger partial charge in [-0.2, -0.15) is 0 Å². The van der Waals surface area contributed by atoms with Crippen molar-refractivity contribution in [2.75, 3.05) is 26.2 Å². The van der Waals surface area contributed by atoms with Crippen LogP contribution in [0, 0.1) is 0 Å². The maximum absolute atomic E-state index is 12.0. The van der Waals surface area contributed by atoms with E-state index in [-0.39, 0.29) is 30.7 Å². The van der Waals surface area contributed by atoms with Crippen molar-refractivity contribution in [1.29, 1.82) is 0 Å². The number of carbonyl (C=O) groups is 1. The Bertz CT molecular complexity index is 464. The molecule has 0 radical (unpaired) electrons. The summed E-state index contributed by atoms with van der Waals surface area (Å²) in [5.41, 5.74) is 2.03. The van der Waals surface area contributed by atoms with Crippen molar-refractivity contribution in [3.8, 4) is 0 Å². The topological polar surface area (TPSA) is 44.4 Å². The van der Waals surface area contributed by atoms with E-state index in [0.29, 0.717) is 6.54 Å². The van der Waals surface area contributed by atoms with E-state index in [1.807, 2.05) is 12.1 Å². The molecule has 0 unspecified atom stereocenters. The van der Waals surface area contributed by atoms with Crippen LogP contribution in [0.15, 0.2) is 24.3 Å². The summed E-state index contributed by atoms with van der Waals surface area (Å²) in [6.07, 6.45) is 3.78. The minimum absolute atomic E-state index is 0. The molecule has 0 spiro atoms. The third-order valence-corrected chi connectivity index (χ3v) is 4.09. The molecule has 1 aliphatic carbocycles. The minimum Gasteiger partial charge on any atom is -0.351 e. The third kappa shape index (κ3) is 7.84. The number of halogens is 2. The van der Waals surface area contributed by atoms with Gasteiger partial charge in [-0.3, -0.25) is 9.69 Å². The van der Waals surface area contributed by atoms with Crippen LogP contribution in [-0.4, -0.2) is 43.0 Å². The number of nitrogens with zero attached hydrogens (tertiary/aromatic N) is 1. The summed E-state index contributed by atoms with van der Waals surface area (Å²) in [6.45, 7) is 8.93. The van der Waals surface area contributed by atoms with Gasteiger partial charge in [-0.15, -0.1) is 24.8 Å². The summed E-state index contributed by atoms with van der Waals surface area (Å²) in [5.74, 6) is 0.0133. The van der Waals surface area contributed by atoms with Crippen molar-refractivity contribution in [1.82, 2.24) is 15.5 Å². The fourth-order valence-electron chi connectivity index (χ4n) is 2.60. The highest BCUT2D eigenvalue weighted by Crippen LogP contribution is 2.27. The van der Waals surface area contributed by atoms with Gasteiger partial charge in [-0.25, -0.2) is 0 Å². The molecule has 1 aromatic rings. The Balaban J connectivity index is 0.00000264. The van der Waals surface area contributed by atoms with Gasteiger partial charge in [-0.05, 0) is 50.0 Å². The largest absolute Gasteiger partial charge is 0.351 e. The molecule has 1 aliphatic rings. The maximum atomic E-state index is 12.0. The lowest BCUT2D eigenvalue weighted by atomic mass is 10.1. The van der Waals surface area contributed by atoms with E-state index in [4.69, 9.17) is 0 Å². The number of amides is 1. The lowest BCUT2D eigenvalue weighted by Gasteiger charge is -2.19. The molecule has 2 rings (SSSR count). The SMILES string of the molecule is CCCNCCNC(=O)c1ccc(CN(CC)C2CC2)cc1.Cl.Cl. The van der Waals surface area contributed by atoms with E-state index in [1.54, 1.807) is 0 Å². The summed E-state index contributed by atoms with van der Waals surface area (Å²) >= 11 is 0. The van der Waals surface area contributed by atoms with E-state index in [0.717, 1.165) is 44.2 Å². The van der Waals surface area contributed by atoms with Gasteiger partial charge in [0.25, 0.3) is 5.91 Å². The third-order valence-electron chi connectivity index (χ3n) is 4.09. The molecule has 0 bridgehead atoms. The summed E-state index contributed by atoms with van der Waals surface area (Å²) in [6, 6.07) is 8.81. The molecule has 1 fully saturated rings. The summed E-state index contributed by atoms with van der Waals surface area (Å²) in [7, 11) is 0. The highest BCUT2D eigenvalue weighted by Gasteiger charge is 2.27. The lowest BCUT2D eigenvalue weighted by molar-refractivity contribution is 0.0954. The predicted octanol–water partition coefficient (Wildman–Crippen LogP) is 3.24. The average molecular weight is 376 g/mol. The van der Waals surface area contributed by atoms with Gasteiger partial charge in [0.2, 0.25) is 0 Å². The first-order valence-electron chi connectivity index (χ1n) is 8.56. The van der Waals surface area contributed by atoms with Crippen molar-refractivity contribution < 1.29 is 4.79 Å². The van der Waals surface area contributed by atoms with Gasteiger partial charge >= 0.3 is 0 Å². The second kappa shape index (κ2) is 12.5. The molecule has 0 aromatic heterocycles. The molecule has 138 valence electrons. The zero-order chi connectivity index (χ0) is 15.8. The van der Waals surface area contributed by atoms with Crippen molar-refractivity contribution in [3.05, 3.63) is 35.4 Å². The molecule has 1 aromatic carbocycles. The first-order valence-corrected chi connectivity index (χ1v) is 8.56. The Morgan fingerprint density at radius 1 is 1.08 bits per heavy atom. The molecule has 4 nitrogen and oxygen atoms in total. The van der Waals surface area contributed by atoms with Crippen molar-refractivity contribution in [2.24, 2.45) is 0 Å². The molecular formula is C18H31Cl2N3O. The molecule has 1 saturated carbocycles. The zero-order valence-corrected chi connectivity index (χ0v) is 16.3. The number of nitrogens with one attached hydrogen (secondary N) is 2. The summed E-state index contributed by atoms with van der Waals surface area (Å²) < 4.78 is 0. The molecule has 0 saturated heterocycles. The van der Waals surface area contributed by atoms with Gasteiger partial charge in [0, 0.05) is 31.2 Å². The van der Waals surface area contributed by atoms with E-state index < -0.39 is 0 Å². The van der Waals surface area contributed by atoms with Crippen LogP contribution < -0.4 is 10.6 Å². The Labute approximate surface area is 158 Å². The maximum Gasteiger partial charge on any atom is 0.251 e. The van der Waals surface area contributed by atoms with E-state index in [2.05, 4.69) is 41.5 Å². The van der Waals surface area contributed by atoms with Crippen LogP contribution in [0.2, 0.25) is 0 Å². The van der Waals surface area contributed by atoms with Crippen LogP contribution in [0.1, 0.15) is 49.0 Å². The van der Waals surface area contributed by atoms with Crippen LogP contribution in [0.3, 0.4) is 0 Å². The van der Waals surface area contributed by atoms with Crippen LogP contribution >= 0.6 is 24.8 Å². The van der Waals surface area contributed by atoms with Crippen LogP contribution in [0.4, 0.5) is 0 Å². The molecule has 0 aliphatic heterocycles. The highest BCUT2D eigenvalue weighted by molar-refractivity contribution is 5.94. The average Bonchev–Trinajstić information content (AvgIpc) is 3.37. The summed E-state index contributed by atoms with van der Waals surface area (Å²) in [4.78, 5) is 14.5. The zero-order valence-electron chi connectivity index (χ0n) is 14.7. The Morgan fingerprint density at radius 2 is 1.75 bits per heavy atom. The van der Waals surface area contributed by atoms with Gasteiger partial charge in [-0.1, -0.05) is 26.0 Å². The van der Waals surface area contributed by atoms with Crippen LogP contribution in [0.5, 0.6) is 0 Å². The van der Waals surface area contributed by atoms with Gasteiger partial charge in [0.05, 0.1) is 0 Å². The molecule has 6 heteroatoms. The standard InChI is InChI=1S/C18H29N3O.2ClH/c1-3-11-19-12-13-20-18(22)16-7-5-15(6-8-16)14-21(4-2)17-9-10-17;;/h5-8,17,19H,3-4,9-14H2,1-2H3,(H,20,22);2*1H. The Hall–Kier alpha value is -0.810. The van der Waals surface area contributed by atoms with Gasteiger partial charge in [0.15, 0.2) is 0 Å². The Kier molecular flexibility index (Phi) is 12.1. The van der Waals surface area contributed by atoms with Gasteiger partial charge in [0.1, 0.15) is 0 Å². The molecule has 0 atom stereocenters. The minimum atomic E-state index is 0. The monoisotopic (exact) mass is 375 g/mol.